The van der Waals surface area contributed by atoms with Crippen molar-refractivity contribution in [2.45, 2.75) is 20.0 Å². The minimum Gasteiger partial charge on any atom is -0.490 e. The third kappa shape index (κ3) is 3.87. The lowest BCUT2D eigenvalue weighted by Gasteiger charge is -2.31. The Morgan fingerprint density at radius 1 is 1.35 bits per heavy atom. The molecule has 1 unspecified atom stereocenters. The van der Waals surface area contributed by atoms with Crippen LogP contribution < -0.4 is 9.47 Å². The molecular weight excluding hydrogens is 258 g/mol. The zero-order chi connectivity index (χ0) is 14.4. The van der Waals surface area contributed by atoms with Crippen LogP contribution in [0.15, 0.2) is 24.3 Å². The van der Waals surface area contributed by atoms with Crippen molar-refractivity contribution >= 4 is 5.91 Å². The summed E-state index contributed by atoms with van der Waals surface area (Å²) >= 11 is 0. The quantitative estimate of drug-likeness (QED) is 0.823. The highest BCUT2D eigenvalue weighted by atomic mass is 16.5. The first-order valence-corrected chi connectivity index (χ1v) is 6.94. The van der Waals surface area contributed by atoms with Crippen LogP contribution >= 0.6 is 0 Å². The number of ether oxygens (including phenoxy) is 3. The van der Waals surface area contributed by atoms with Crippen molar-refractivity contribution in [3.63, 3.8) is 0 Å². The number of morpholine rings is 1. The molecule has 110 valence electrons. The Hall–Kier alpha value is -1.75. The molecule has 5 heteroatoms. The van der Waals surface area contributed by atoms with E-state index >= 15 is 0 Å². The first kappa shape index (κ1) is 14.7. The van der Waals surface area contributed by atoms with Crippen LogP contribution in [0.5, 0.6) is 11.5 Å². The molecule has 1 aliphatic heterocycles. The molecule has 1 atom stereocenters. The molecule has 5 nitrogen and oxygen atoms in total. The van der Waals surface area contributed by atoms with Crippen molar-refractivity contribution in [1.82, 2.24) is 4.90 Å². The maximum absolute atomic E-state index is 12.1. The molecule has 1 amide bonds. The summed E-state index contributed by atoms with van der Waals surface area (Å²) in [4.78, 5) is 13.9. The van der Waals surface area contributed by atoms with Gasteiger partial charge in [0.25, 0.3) is 5.91 Å². The summed E-state index contributed by atoms with van der Waals surface area (Å²) in [6, 6.07) is 7.38. The van der Waals surface area contributed by atoms with E-state index in [2.05, 4.69) is 0 Å². The van der Waals surface area contributed by atoms with Crippen molar-refractivity contribution in [2.24, 2.45) is 0 Å². The zero-order valence-electron chi connectivity index (χ0n) is 12.0. The number of hydrogen-bond donors (Lipinski definition) is 0. The van der Waals surface area contributed by atoms with Gasteiger partial charge in [0.05, 0.1) is 19.3 Å². The maximum Gasteiger partial charge on any atom is 0.260 e. The number of nitrogens with zero attached hydrogens (tertiary/aromatic N) is 1. The monoisotopic (exact) mass is 279 g/mol. The molecular formula is C15H21NO4. The Morgan fingerprint density at radius 2 is 2.05 bits per heavy atom. The molecule has 0 saturated carbocycles. The highest BCUT2D eigenvalue weighted by Gasteiger charge is 2.21. The summed E-state index contributed by atoms with van der Waals surface area (Å²) in [5, 5.41) is 0. The van der Waals surface area contributed by atoms with Crippen molar-refractivity contribution in [3.8, 4) is 11.5 Å². The van der Waals surface area contributed by atoms with E-state index in [1.807, 2.05) is 32.0 Å². The van der Waals surface area contributed by atoms with Crippen LogP contribution in [0.2, 0.25) is 0 Å². The standard InChI is InChI=1S/C15H21NO4/c1-3-18-13-6-4-5-7-14(13)20-11-15(17)16-8-9-19-12(2)10-16/h4-7,12H,3,8-11H2,1-2H3. The summed E-state index contributed by atoms with van der Waals surface area (Å²) in [6.45, 7) is 6.30. The lowest BCUT2D eigenvalue weighted by molar-refractivity contribution is -0.140. The summed E-state index contributed by atoms with van der Waals surface area (Å²) in [5.74, 6) is 1.24. The minimum atomic E-state index is -0.0218. The summed E-state index contributed by atoms with van der Waals surface area (Å²) < 4.78 is 16.5. The number of amides is 1. The van der Waals surface area contributed by atoms with Gasteiger partial charge in [0.2, 0.25) is 0 Å². The molecule has 0 aromatic heterocycles. The van der Waals surface area contributed by atoms with Gasteiger partial charge in [-0.25, -0.2) is 0 Å². The van der Waals surface area contributed by atoms with Crippen LogP contribution in [0.1, 0.15) is 13.8 Å². The Bertz CT molecular complexity index is 449. The largest absolute Gasteiger partial charge is 0.490 e. The van der Waals surface area contributed by atoms with Gasteiger partial charge in [-0.05, 0) is 26.0 Å². The average Bonchev–Trinajstić information content (AvgIpc) is 2.46. The SMILES string of the molecule is CCOc1ccccc1OCC(=O)N1CCOC(C)C1. The molecule has 1 aliphatic rings. The fourth-order valence-corrected chi connectivity index (χ4v) is 2.12. The number of para-hydroxylation sites is 2. The van der Waals surface area contributed by atoms with Crippen molar-refractivity contribution < 1.29 is 19.0 Å². The molecule has 0 spiro atoms. The Balaban J connectivity index is 1.89. The second-order valence-corrected chi connectivity index (χ2v) is 4.69. The highest BCUT2D eigenvalue weighted by Crippen LogP contribution is 2.26. The number of hydrogen-bond acceptors (Lipinski definition) is 4. The van der Waals surface area contributed by atoms with Crippen LogP contribution in [-0.2, 0) is 9.53 Å². The van der Waals surface area contributed by atoms with Crippen molar-refractivity contribution in [3.05, 3.63) is 24.3 Å². The number of benzene rings is 1. The molecule has 1 saturated heterocycles. The van der Waals surface area contributed by atoms with Gasteiger partial charge in [-0.1, -0.05) is 12.1 Å². The Morgan fingerprint density at radius 3 is 2.70 bits per heavy atom. The molecule has 0 aliphatic carbocycles. The third-order valence-electron chi connectivity index (χ3n) is 3.09. The fraction of sp³-hybridized carbons (Fsp3) is 0.533. The van der Waals surface area contributed by atoms with Crippen molar-refractivity contribution in [2.75, 3.05) is 32.9 Å². The molecule has 1 aromatic carbocycles. The zero-order valence-corrected chi connectivity index (χ0v) is 12.0. The lowest BCUT2D eigenvalue weighted by atomic mass is 10.3. The summed E-state index contributed by atoms with van der Waals surface area (Å²) in [5.41, 5.74) is 0. The molecule has 1 heterocycles. The normalized spacial score (nSPS) is 18.7. The second kappa shape index (κ2) is 7.14. The number of rotatable bonds is 5. The van der Waals surface area contributed by atoms with Gasteiger partial charge < -0.3 is 19.1 Å². The van der Waals surface area contributed by atoms with E-state index in [9.17, 15) is 4.79 Å². The smallest absolute Gasteiger partial charge is 0.260 e. The average molecular weight is 279 g/mol. The Labute approximate surface area is 119 Å². The van der Waals surface area contributed by atoms with Crippen molar-refractivity contribution in [1.29, 1.82) is 0 Å². The molecule has 2 rings (SSSR count). The third-order valence-corrected chi connectivity index (χ3v) is 3.09. The van der Waals surface area contributed by atoms with Gasteiger partial charge in [-0.15, -0.1) is 0 Å². The topological polar surface area (TPSA) is 48.0 Å². The van der Waals surface area contributed by atoms with E-state index in [0.717, 1.165) is 0 Å². The van der Waals surface area contributed by atoms with E-state index in [0.29, 0.717) is 37.8 Å². The van der Waals surface area contributed by atoms with Gasteiger partial charge in [0.15, 0.2) is 18.1 Å². The minimum absolute atomic E-state index is 0.0218. The summed E-state index contributed by atoms with van der Waals surface area (Å²) in [7, 11) is 0. The van der Waals surface area contributed by atoms with E-state index in [-0.39, 0.29) is 18.6 Å². The number of carbonyl (C=O) groups excluding carboxylic acids is 1. The summed E-state index contributed by atoms with van der Waals surface area (Å²) in [6.07, 6.45) is 0.0865. The maximum atomic E-state index is 12.1. The second-order valence-electron chi connectivity index (χ2n) is 4.69. The number of carbonyl (C=O) groups is 1. The molecule has 20 heavy (non-hydrogen) atoms. The van der Waals surface area contributed by atoms with Crippen LogP contribution in [0, 0.1) is 0 Å². The molecule has 1 aromatic rings. The molecule has 0 N–H and O–H groups in total. The lowest BCUT2D eigenvalue weighted by Crippen LogP contribution is -2.46. The van der Waals surface area contributed by atoms with Crippen LogP contribution in [0.4, 0.5) is 0 Å². The first-order chi connectivity index (χ1) is 9.70. The van der Waals surface area contributed by atoms with Gasteiger partial charge in [-0.3, -0.25) is 4.79 Å². The van der Waals surface area contributed by atoms with Gasteiger partial charge in [0.1, 0.15) is 0 Å². The Kier molecular flexibility index (Phi) is 5.24. The molecule has 0 bridgehead atoms. The van der Waals surface area contributed by atoms with E-state index in [4.69, 9.17) is 14.2 Å². The van der Waals surface area contributed by atoms with E-state index in [1.54, 1.807) is 11.0 Å². The van der Waals surface area contributed by atoms with Crippen LogP contribution in [-0.4, -0.2) is 49.8 Å². The van der Waals surface area contributed by atoms with E-state index < -0.39 is 0 Å². The molecule has 0 radical (unpaired) electrons. The van der Waals surface area contributed by atoms with Gasteiger partial charge in [-0.2, -0.15) is 0 Å². The molecule has 1 fully saturated rings. The highest BCUT2D eigenvalue weighted by molar-refractivity contribution is 5.78. The fourth-order valence-electron chi connectivity index (χ4n) is 2.12. The van der Waals surface area contributed by atoms with Gasteiger partial charge >= 0.3 is 0 Å². The van der Waals surface area contributed by atoms with E-state index in [1.165, 1.54) is 0 Å². The first-order valence-electron chi connectivity index (χ1n) is 6.94. The predicted molar refractivity (Wildman–Crippen MR) is 75.1 cm³/mol. The van der Waals surface area contributed by atoms with Crippen LogP contribution in [0.3, 0.4) is 0 Å². The van der Waals surface area contributed by atoms with Gasteiger partial charge in [0, 0.05) is 13.1 Å². The predicted octanol–water partition coefficient (Wildman–Crippen LogP) is 1.71. The van der Waals surface area contributed by atoms with Crippen LogP contribution in [0.25, 0.3) is 0 Å².